The molecule has 1 aromatic rings. The van der Waals surface area contributed by atoms with Crippen LogP contribution in [0, 0.1) is 5.92 Å². The van der Waals surface area contributed by atoms with Crippen LogP contribution in [0.2, 0.25) is 0 Å². The average Bonchev–Trinajstić information content (AvgIpc) is 2.38. The van der Waals surface area contributed by atoms with Gasteiger partial charge in [0.25, 0.3) is 0 Å². The van der Waals surface area contributed by atoms with Gasteiger partial charge in [0.2, 0.25) is 0 Å². The first kappa shape index (κ1) is 15.5. The highest BCUT2D eigenvalue weighted by Gasteiger charge is 2.19. The van der Waals surface area contributed by atoms with Gasteiger partial charge >= 0.3 is 5.97 Å². The van der Waals surface area contributed by atoms with Crippen LogP contribution in [-0.2, 0) is 9.53 Å². The van der Waals surface area contributed by atoms with E-state index in [2.05, 4.69) is 13.8 Å². The molecule has 0 amide bonds. The molecule has 0 aliphatic rings. The minimum atomic E-state index is -0.167. The van der Waals surface area contributed by atoms with E-state index >= 15 is 0 Å². The normalized spacial score (nSPS) is 13.8. The smallest absolute Gasteiger partial charge is 0.306 e. The Morgan fingerprint density at radius 1 is 1.37 bits per heavy atom. The number of rotatable bonds is 7. The third kappa shape index (κ3) is 5.33. The Morgan fingerprint density at radius 3 is 2.68 bits per heavy atom. The Kier molecular flexibility index (Phi) is 6.40. The van der Waals surface area contributed by atoms with Gasteiger partial charge < -0.3 is 9.84 Å². The fraction of sp³-hybridized carbons (Fsp3) is 0.562. The molecule has 3 nitrogen and oxygen atoms in total. The molecule has 0 aliphatic heterocycles. The molecule has 0 saturated carbocycles. The van der Waals surface area contributed by atoms with Crippen LogP contribution in [0.5, 0.6) is 5.75 Å². The summed E-state index contributed by atoms with van der Waals surface area (Å²) >= 11 is 0. The Bertz CT molecular complexity index is 401. The lowest BCUT2D eigenvalue weighted by Crippen LogP contribution is -2.13. The number of aromatic hydroxyl groups is 1. The second kappa shape index (κ2) is 7.82. The summed E-state index contributed by atoms with van der Waals surface area (Å²) in [5, 5.41) is 9.57. The summed E-state index contributed by atoms with van der Waals surface area (Å²) in [5.74, 6) is 0.734. The molecule has 0 bridgehead atoms. The van der Waals surface area contributed by atoms with Gasteiger partial charge in [-0.15, -0.1) is 0 Å². The maximum atomic E-state index is 11.7. The fourth-order valence-corrected chi connectivity index (χ4v) is 2.19. The van der Waals surface area contributed by atoms with Gasteiger partial charge in [0.05, 0.1) is 13.0 Å². The van der Waals surface area contributed by atoms with Crippen molar-refractivity contribution in [1.82, 2.24) is 0 Å². The molecule has 0 radical (unpaired) electrons. The first-order chi connectivity index (χ1) is 9.06. The largest absolute Gasteiger partial charge is 0.508 e. The van der Waals surface area contributed by atoms with E-state index in [1.807, 2.05) is 19.1 Å². The molecule has 0 aliphatic carbocycles. The number of phenols is 1. The van der Waals surface area contributed by atoms with Crippen molar-refractivity contribution in [2.24, 2.45) is 5.92 Å². The fourth-order valence-electron chi connectivity index (χ4n) is 2.19. The van der Waals surface area contributed by atoms with E-state index in [1.165, 1.54) is 0 Å². The number of carbonyl (C=O) groups excluding carboxylic acids is 1. The van der Waals surface area contributed by atoms with Gasteiger partial charge in [-0.05, 0) is 42.9 Å². The van der Waals surface area contributed by atoms with E-state index in [-0.39, 0.29) is 17.6 Å². The van der Waals surface area contributed by atoms with Gasteiger partial charge in [0, 0.05) is 0 Å². The highest BCUT2D eigenvalue weighted by atomic mass is 16.5. The summed E-state index contributed by atoms with van der Waals surface area (Å²) < 4.78 is 5.04. The van der Waals surface area contributed by atoms with Crippen molar-refractivity contribution in [3.05, 3.63) is 29.8 Å². The maximum absolute atomic E-state index is 11.7. The first-order valence-electron chi connectivity index (χ1n) is 7.01. The predicted octanol–water partition coefficient (Wildman–Crippen LogP) is 3.87. The van der Waals surface area contributed by atoms with Crippen LogP contribution in [0.15, 0.2) is 24.3 Å². The van der Waals surface area contributed by atoms with Crippen LogP contribution in [0.4, 0.5) is 0 Å². The third-order valence-electron chi connectivity index (χ3n) is 3.44. The van der Waals surface area contributed by atoms with Crippen LogP contribution in [-0.4, -0.2) is 17.7 Å². The molecule has 0 saturated heterocycles. The lowest BCUT2D eigenvalue weighted by atomic mass is 9.86. The number of ether oxygens (including phenoxy) is 1. The number of benzene rings is 1. The van der Waals surface area contributed by atoms with Crippen molar-refractivity contribution >= 4 is 5.97 Å². The molecule has 106 valence electrons. The topological polar surface area (TPSA) is 46.5 Å². The van der Waals surface area contributed by atoms with Crippen LogP contribution >= 0.6 is 0 Å². The molecule has 0 heterocycles. The monoisotopic (exact) mass is 264 g/mol. The first-order valence-corrected chi connectivity index (χ1v) is 7.01. The minimum Gasteiger partial charge on any atom is -0.508 e. The van der Waals surface area contributed by atoms with Crippen LogP contribution in [0.1, 0.15) is 51.5 Å². The van der Waals surface area contributed by atoms with E-state index < -0.39 is 0 Å². The highest BCUT2D eigenvalue weighted by molar-refractivity contribution is 5.70. The zero-order chi connectivity index (χ0) is 14.3. The molecular formula is C16H24O3. The van der Waals surface area contributed by atoms with Crippen molar-refractivity contribution in [2.75, 3.05) is 6.61 Å². The summed E-state index contributed by atoms with van der Waals surface area (Å²) in [6, 6.07) is 7.17. The third-order valence-corrected chi connectivity index (χ3v) is 3.44. The second-order valence-corrected chi connectivity index (χ2v) is 5.05. The Balaban J connectivity index is 2.82. The van der Waals surface area contributed by atoms with Crippen LogP contribution in [0.3, 0.4) is 0 Å². The van der Waals surface area contributed by atoms with Crippen molar-refractivity contribution in [2.45, 2.75) is 46.0 Å². The van der Waals surface area contributed by atoms with Gasteiger partial charge in [-0.2, -0.15) is 0 Å². The number of hydrogen-bond acceptors (Lipinski definition) is 3. The molecule has 3 heteroatoms. The zero-order valence-corrected chi connectivity index (χ0v) is 12.1. The van der Waals surface area contributed by atoms with Gasteiger partial charge in [0.1, 0.15) is 5.75 Å². The van der Waals surface area contributed by atoms with E-state index in [9.17, 15) is 9.90 Å². The quantitative estimate of drug-likeness (QED) is 0.760. The lowest BCUT2D eigenvalue weighted by Gasteiger charge is -2.20. The van der Waals surface area contributed by atoms with E-state index in [0.29, 0.717) is 18.9 Å². The number of hydrogen-bond donors (Lipinski definition) is 1. The van der Waals surface area contributed by atoms with Crippen LogP contribution < -0.4 is 0 Å². The number of esters is 1. The van der Waals surface area contributed by atoms with Crippen LogP contribution in [0.25, 0.3) is 0 Å². The van der Waals surface area contributed by atoms with Gasteiger partial charge in [0.15, 0.2) is 0 Å². The summed E-state index contributed by atoms with van der Waals surface area (Å²) in [5.41, 5.74) is 1.01. The van der Waals surface area contributed by atoms with E-state index in [1.54, 1.807) is 12.1 Å². The summed E-state index contributed by atoms with van der Waals surface area (Å²) in [6.07, 6.45) is 2.39. The molecule has 1 rings (SSSR count). The minimum absolute atomic E-state index is 0.112. The Morgan fingerprint density at radius 2 is 2.11 bits per heavy atom. The molecule has 0 fully saturated rings. The number of phenolic OH excluding ortho intramolecular Hbond substituents is 1. The van der Waals surface area contributed by atoms with Gasteiger partial charge in [-0.1, -0.05) is 32.4 Å². The Labute approximate surface area is 115 Å². The molecule has 0 aromatic heterocycles. The van der Waals surface area contributed by atoms with Gasteiger partial charge in [-0.25, -0.2) is 0 Å². The van der Waals surface area contributed by atoms with Crippen molar-refractivity contribution in [3.63, 3.8) is 0 Å². The van der Waals surface area contributed by atoms with E-state index in [4.69, 9.17) is 4.74 Å². The predicted molar refractivity (Wildman–Crippen MR) is 76.2 cm³/mol. The second-order valence-electron chi connectivity index (χ2n) is 5.05. The molecular weight excluding hydrogens is 240 g/mol. The summed E-state index contributed by atoms with van der Waals surface area (Å²) in [4.78, 5) is 11.7. The highest BCUT2D eigenvalue weighted by Crippen LogP contribution is 2.30. The molecule has 0 spiro atoms. The average molecular weight is 264 g/mol. The molecule has 1 N–H and O–H groups in total. The number of carbonyl (C=O) groups is 1. The van der Waals surface area contributed by atoms with E-state index in [0.717, 1.165) is 18.4 Å². The summed E-state index contributed by atoms with van der Waals surface area (Å²) in [6.45, 7) is 6.56. The SMILES string of the molecule is CCOC(=O)C[C@H](C[C@@H](C)CC)c1cccc(O)c1. The van der Waals surface area contributed by atoms with Gasteiger partial charge in [-0.3, -0.25) is 4.79 Å². The standard InChI is InChI=1S/C16H24O3/c1-4-12(3)9-14(11-16(18)19-5-2)13-7-6-8-15(17)10-13/h6-8,10,12,14,17H,4-5,9,11H2,1-3H3/t12-,14-/m0/s1. The summed E-state index contributed by atoms with van der Waals surface area (Å²) in [7, 11) is 0. The maximum Gasteiger partial charge on any atom is 0.306 e. The molecule has 2 atom stereocenters. The van der Waals surface area contributed by atoms with Crippen molar-refractivity contribution in [3.8, 4) is 5.75 Å². The molecule has 0 unspecified atom stereocenters. The Hall–Kier alpha value is -1.51. The lowest BCUT2D eigenvalue weighted by molar-refractivity contribution is -0.143. The van der Waals surface area contributed by atoms with Crippen molar-refractivity contribution < 1.29 is 14.6 Å². The molecule has 19 heavy (non-hydrogen) atoms. The zero-order valence-electron chi connectivity index (χ0n) is 12.1. The molecule has 1 aromatic carbocycles. The van der Waals surface area contributed by atoms with Crippen molar-refractivity contribution in [1.29, 1.82) is 0 Å².